The van der Waals surface area contributed by atoms with E-state index in [4.69, 9.17) is 0 Å². The standard InChI is InChI=1S/C19H19N5S/c1-3-13-8-14(18-6-4-5-7-25-18)20-10-15(13)23-19-9-17-16(11-21-19)22-12-24(17)2/h5-12H,3-4H2,1-2H3,(H,21,23). The van der Waals surface area contributed by atoms with Gasteiger partial charge in [-0.25, -0.2) is 9.97 Å². The van der Waals surface area contributed by atoms with Gasteiger partial charge in [0, 0.05) is 18.0 Å². The highest BCUT2D eigenvalue weighted by Gasteiger charge is 2.10. The lowest BCUT2D eigenvalue weighted by atomic mass is 10.1. The van der Waals surface area contributed by atoms with Gasteiger partial charge in [-0.2, -0.15) is 0 Å². The average molecular weight is 349 g/mol. The summed E-state index contributed by atoms with van der Waals surface area (Å²) in [5.41, 5.74) is 5.21. The quantitative estimate of drug-likeness (QED) is 0.742. The van der Waals surface area contributed by atoms with Gasteiger partial charge >= 0.3 is 0 Å². The fraction of sp³-hybridized carbons (Fsp3) is 0.211. The van der Waals surface area contributed by atoms with Crippen LogP contribution in [0.4, 0.5) is 11.5 Å². The second-order valence-corrected chi connectivity index (χ2v) is 6.86. The number of fused-ring (bicyclic) bond motifs is 1. The molecular formula is C19H19N5S. The van der Waals surface area contributed by atoms with Crippen LogP contribution in [0.5, 0.6) is 0 Å². The fourth-order valence-electron chi connectivity index (χ4n) is 2.84. The van der Waals surface area contributed by atoms with E-state index < -0.39 is 0 Å². The molecule has 5 nitrogen and oxygen atoms in total. The molecule has 0 atom stereocenters. The van der Waals surface area contributed by atoms with Crippen molar-refractivity contribution in [2.24, 2.45) is 7.05 Å². The van der Waals surface area contributed by atoms with Crippen molar-refractivity contribution in [2.75, 3.05) is 5.32 Å². The smallest absolute Gasteiger partial charge is 0.132 e. The molecule has 0 saturated carbocycles. The van der Waals surface area contributed by atoms with Crippen molar-refractivity contribution in [1.29, 1.82) is 0 Å². The van der Waals surface area contributed by atoms with Crippen LogP contribution in [0.1, 0.15) is 24.6 Å². The predicted octanol–water partition coefficient (Wildman–Crippen LogP) is 4.66. The molecule has 0 amide bonds. The van der Waals surface area contributed by atoms with Gasteiger partial charge in [-0.3, -0.25) is 4.98 Å². The van der Waals surface area contributed by atoms with Gasteiger partial charge in [0.2, 0.25) is 0 Å². The zero-order chi connectivity index (χ0) is 17.2. The summed E-state index contributed by atoms with van der Waals surface area (Å²) in [6.07, 6.45) is 11.8. The van der Waals surface area contributed by atoms with Crippen molar-refractivity contribution in [3.8, 4) is 0 Å². The predicted molar refractivity (Wildman–Crippen MR) is 105 cm³/mol. The van der Waals surface area contributed by atoms with Gasteiger partial charge in [0.25, 0.3) is 0 Å². The Morgan fingerprint density at radius 3 is 2.92 bits per heavy atom. The van der Waals surface area contributed by atoms with Crippen molar-refractivity contribution in [2.45, 2.75) is 19.8 Å². The number of hydrogen-bond donors (Lipinski definition) is 1. The van der Waals surface area contributed by atoms with Crippen LogP contribution in [-0.2, 0) is 13.5 Å². The lowest BCUT2D eigenvalue weighted by molar-refractivity contribution is 0.947. The summed E-state index contributed by atoms with van der Waals surface area (Å²) in [6.45, 7) is 2.16. The molecule has 4 rings (SSSR count). The monoisotopic (exact) mass is 349 g/mol. The Hall–Kier alpha value is -2.60. The Morgan fingerprint density at radius 2 is 2.12 bits per heavy atom. The van der Waals surface area contributed by atoms with Crippen LogP contribution in [0.25, 0.3) is 15.9 Å². The van der Waals surface area contributed by atoms with Crippen LogP contribution in [0.15, 0.2) is 48.4 Å². The number of anilines is 2. The van der Waals surface area contributed by atoms with Crippen LogP contribution in [0, 0.1) is 0 Å². The molecule has 126 valence electrons. The van der Waals surface area contributed by atoms with Gasteiger partial charge in [-0.15, -0.1) is 0 Å². The average Bonchev–Trinajstić information content (AvgIpc) is 3.03. The first kappa shape index (κ1) is 15.9. The number of allylic oxidation sites excluding steroid dienone is 2. The van der Waals surface area contributed by atoms with Crippen LogP contribution < -0.4 is 5.32 Å². The van der Waals surface area contributed by atoms with Gasteiger partial charge in [-0.1, -0.05) is 30.8 Å². The molecule has 1 aliphatic rings. The topological polar surface area (TPSA) is 55.6 Å². The van der Waals surface area contributed by atoms with Crippen molar-refractivity contribution < 1.29 is 0 Å². The highest BCUT2D eigenvalue weighted by Crippen LogP contribution is 2.33. The van der Waals surface area contributed by atoms with Crippen LogP contribution in [0.2, 0.25) is 0 Å². The van der Waals surface area contributed by atoms with E-state index >= 15 is 0 Å². The third-order valence-corrected chi connectivity index (χ3v) is 5.19. The van der Waals surface area contributed by atoms with E-state index in [1.165, 1.54) is 10.5 Å². The van der Waals surface area contributed by atoms with E-state index in [1.54, 1.807) is 24.3 Å². The molecule has 1 N–H and O–H groups in total. The third-order valence-electron chi connectivity index (χ3n) is 4.23. The van der Waals surface area contributed by atoms with E-state index in [9.17, 15) is 0 Å². The molecule has 0 fully saturated rings. The summed E-state index contributed by atoms with van der Waals surface area (Å²) >= 11 is 1.72. The lowest BCUT2D eigenvalue weighted by Gasteiger charge is -2.13. The van der Waals surface area contributed by atoms with Crippen molar-refractivity contribution >= 4 is 39.2 Å². The highest BCUT2D eigenvalue weighted by molar-refractivity contribution is 8.10. The number of imidazole rings is 1. The van der Waals surface area contributed by atoms with E-state index in [0.717, 1.165) is 41.1 Å². The minimum Gasteiger partial charge on any atom is -0.339 e. The fourth-order valence-corrected chi connectivity index (χ4v) is 3.62. The van der Waals surface area contributed by atoms with E-state index in [2.05, 4.69) is 50.8 Å². The van der Waals surface area contributed by atoms with Crippen LogP contribution in [-0.4, -0.2) is 19.5 Å². The first-order valence-electron chi connectivity index (χ1n) is 8.30. The maximum Gasteiger partial charge on any atom is 0.132 e. The molecule has 4 heterocycles. The molecular weight excluding hydrogens is 330 g/mol. The molecule has 0 aromatic carbocycles. The number of thioether (sulfide) groups is 1. The molecule has 3 aromatic rings. The largest absolute Gasteiger partial charge is 0.339 e. The molecule has 0 radical (unpaired) electrons. The lowest BCUT2D eigenvalue weighted by Crippen LogP contribution is -2.01. The number of hydrogen-bond acceptors (Lipinski definition) is 5. The molecule has 25 heavy (non-hydrogen) atoms. The molecule has 0 spiro atoms. The number of rotatable bonds is 4. The van der Waals surface area contributed by atoms with Crippen molar-refractivity contribution in [1.82, 2.24) is 19.5 Å². The normalized spacial score (nSPS) is 13.9. The summed E-state index contributed by atoms with van der Waals surface area (Å²) in [6, 6.07) is 4.18. The zero-order valence-electron chi connectivity index (χ0n) is 14.2. The number of aromatic nitrogens is 4. The summed E-state index contributed by atoms with van der Waals surface area (Å²) in [5, 5.41) is 5.53. The Labute approximate surface area is 150 Å². The van der Waals surface area contributed by atoms with Gasteiger partial charge in [0.15, 0.2) is 0 Å². The van der Waals surface area contributed by atoms with E-state index in [1.807, 2.05) is 23.9 Å². The van der Waals surface area contributed by atoms with Gasteiger partial charge in [-0.05, 0) is 29.9 Å². The molecule has 0 unspecified atom stereocenters. The molecule has 3 aromatic heterocycles. The number of pyridine rings is 2. The van der Waals surface area contributed by atoms with Crippen molar-refractivity contribution in [3.63, 3.8) is 0 Å². The van der Waals surface area contributed by atoms with Crippen LogP contribution in [0.3, 0.4) is 0 Å². The summed E-state index contributed by atoms with van der Waals surface area (Å²) in [4.78, 5) is 14.6. The Bertz CT molecular complexity index is 987. The van der Waals surface area contributed by atoms with Gasteiger partial charge < -0.3 is 9.88 Å². The molecule has 0 bridgehead atoms. The van der Waals surface area contributed by atoms with Crippen LogP contribution >= 0.6 is 11.8 Å². The van der Waals surface area contributed by atoms with Gasteiger partial charge in [0.1, 0.15) is 11.3 Å². The second-order valence-electron chi connectivity index (χ2n) is 5.91. The summed E-state index contributed by atoms with van der Waals surface area (Å²) in [5.74, 6) is 0.801. The minimum atomic E-state index is 0.801. The van der Waals surface area contributed by atoms with E-state index in [0.29, 0.717) is 0 Å². The first-order chi connectivity index (χ1) is 12.2. The number of aryl methyl sites for hydroxylation is 2. The Balaban J connectivity index is 1.64. The maximum absolute atomic E-state index is 4.65. The summed E-state index contributed by atoms with van der Waals surface area (Å²) in [7, 11) is 1.98. The SMILES string of the molecule is CCc1cc(C2=CCC=CS2)ncc1Nc1cc2c(cn1)ncn2C. The molecule has 6 heteroatoms. The Kier molecular flexibility index (Phi) is 4.28. The third kappa shape index (κ3) is 3.17. The highest BCUT2D eigenvalue weighted by atomic mass is 32.2. The molecule has 0 aliphatic carbocycles. The van der Waals surface area contributed by atoms with Crippen molar-refractivity contribution in [3.05, 3.63) is 59.7 Å². The minimum absolute atomic E-state index is 0.801. The summed E-state index contributed by atoms with van der Waals surface area (Å²) < 4.78 is 1.99. The van der Waals surface area contributed by atoms with E-state index in [-0.39, 0.29) is 0 Å². The maximum atomic E-state index is 4.65. The zero-order valence-corrected chi connectivity index (χ0v) is 15.0. The molecule has 0 saturated heterocycles. The Morgan fingerprint density at radius 1 is 1.20 bits per heavy atom. The second kappa shape index (κ2) is 6.72. The molecule has 1 aliphatic heterocycles. The number of nitrogens with one attached hydrogen (secondary N) is 1. The number of nitrogens with zero attached hydrogens (tertiary/aromatic N) is 4. The first-order valence-corrected chi connectivity index (χ1v) is 9.18. The van der Waals surface area contributed by atoms with Gasteiger partial charge in [0.05, 0.1) is 35.6 Å².